The molecular formula is C15H23N3O. The zero-order valence-electron chi connectivity index (χ0n) is 11.8. The van der Waals surface area contributed by atoms with Crippen LogP contribution < -0.4 is 5.32 Å². The Labute approximate surface area is 114 Å². The van der Waals surface area contributed by atoms with Gasteiger partial charge in [-0.25, -0.2) is 0 Å². The lowest BCUT2D eigenvalue weighted by Crippen LogP contribution is -2.21. The minimum absolute atomic E-state index is 0.459. The Morgan fingerprint density at radius 3 is 2.89 bits per heavy atom. The Kier molecular flexibility index (Phi) is 5.21. The third-order valence-electron chi connectivity index (χ3n) is 3.22. The van der Waals surface area contributed by atoms with E-state index in [9.17, 15) is 0 Å². The molecule has 0 amide bonds. The maximum absolute atomic E-state index is 5.13. The summed E-state index contributed by atoms with van der Waals surface area (Å²) in [5, 5.41) is 7.34. The van der Waals surface area contributed by atoms with E-state index in [2.05, 4.69) is 47.3 Å². The lowest BCUT2D eigenvalue weighted by Gasteiger charge is -2.16. The van der Waals surface area contributed by atoms with E-state index in [0.717, 1.165) is 18.8 Å². The van der Waals surface area contributed by atoms with Gasteiger partial charge >= 0.3 is 0 Å². The van der Waals surface area contributed by atoms with E-state index in [0.29, 0.717) is 6.04 Å². The second-order valence-electron chi connectivity index (χ2n) is 4.89. The van der Waals surface area contributed by atoms with Crippen molar-refractivity contribution >= 4 is 0 Å². The third-order valence-corrected chi connectivity index (χ3v) is 3.22. The molecule has 0 aromatic carbocycles. The van der Waals surface area contributed by atoms with Crippen molar-refractivity contribution in [2.75, 3.05) is 6.54 Å². The number of nitrogens with one attached hydrogen (secondary N) is 1. The Morgan fingerprint density at radius 1 is 1.32 bits per heavy atom. The van der Waals surface area contributed by atoms with Crippen molar-refractivity contribution in [3.8, 4) is 0 Å². The van der Waals surface area contributed by atoms with Crippen molar-refractivity contribution < 1.29 is 4.52 Å². The second-order valence-corrected chi connectivity index (χ2v) is 4.89. The summed E-state index contributed by atoms with van der Waals surface area (Å²) in [6, 6.07) is 4.55. The summed E-state index contributed by atoms with van der Waals surface area (Å²) in [5.41, 5.74) is 1.36. The highest BCUT2D eigenvalue weighted by Crippen LogP contribution is 2.19. The van der Waals surface area contributed by atoms with Gasteiger partial charge in [-0.05, 0) is 31.0 Å². The molecule has 0 aliphatic heterocycles. The SMILES string of the molecule is CCCNC(CCC)c1ccn(Cc2ccno2)c1. The highest BCUT2D eigenvalue weighted by molar-refractivity contribution is 5.16. The van der Waals surface area contributed by atoms with Crippen LogP contribution in [0.3, 0.4) is 0 Å². The molecule has 0 aliphatic carbocycles. The van der Waals surface area contributed by atoms with E-state index in [1.807, 2.05) is 6.07 Å². The fourth-order valence-electron chi connectivity index (χ4n) is 2.26. The molecule has 0 spiro atoms. The van der Waals surface area contributed by atoms with Crippen molar-refractivity contribution in [3.63, 3.8) is 0 Å². The smallest absolute Gasteiger partial charge is 0.156 e. The van der Waals surface area contributed by atoms with Gasteiger partial charge in [0.15, 0.2) is 5.76 Å². The van der Waals surface area contributed by atoms with Crippen LogP contribution in [0, 0.1) is 0 Å². The standard InChI is InChI=1S/C15H23N3O/c1-3-5-15(16-8-4-2)13-7-10-18(11-13)12-14-6-9-17-19-14/h6-7,9-11,15-16H,3-5,8,12H2,1-2H3. The summed E-state index contributed by atoms with van der Waals surface area (Å²) in [5.74, 6) is 0.885. The fourth-order valence-corrected chi connectivity index (χ4v) is 2.26. The van der Waals surface area contributed by atoms with E-state index in [1.54, 1.807) is 6.20 Å². The van der Waals surface area contributed by atoms with Crippen LogP contribution in [0.4, 0.5) is 0 Å². The quantitative estimate of drug-likeness (QED) is 0.792. The lowest BCUT2D eigenvalue weighted by molar-refractivity contribution is 0.376. The van der Waals surface area contributed by atoms with Gasteiger partial charge in [-0.15, -0.1) is 0 Å². The highest BCUT2D eigenvalue weighted by Gasteiger charge is 2.11. The van der Waals surface area contributed by atoms with Gasteiger partial charge in [-0.2, -0.15) is 0 Å². The molecule has 2 aromatic heterocycles. The van der Waals surface area contributed by atoms with Gasteiger partial charge in [0.25, 0.3) is 0 Å². The lowest BCUT2D eigenvalue weighted by atomic mass is 10.1. The van der Waals surface area contributed by atoms with Crippen LogP contribution in [0.25, 0.3) is 0 Å². The molecule has 104 valence electrons. The molecule has 2 heterocycles. The number of nitrogens with zero attached hydrogens (tertiary/aromatic N) is 2. The normalized spacial score (nSPS) is 12.7. The molecule has 0 fully saturated rings. The molecule has 0 saturated carbocycles. The predicted octanol–water partition coefficient (Wildman–Crippen LogP) is 3.37. The average molecular weight is 261 g/mol. The van der Waals surface area contributed by atoms with Gasteiger partial charge in [-0.1, -0.05) is 25.4 Å². The minimum atomic E-state index is 0.459. The molecular weight excluding hydrogens is 238 g/mol. The molecule has 2 aromatic rings. The summed E-state index contributed by atoms with van der Waals surface area (Å²) in [6.45, 7) is 6.24. The van der Waals surface area contributed by atoms with Gasteiger partial charge in [0.05, 0.1) is 12.7 Å². The van der Waals surface area contributed by atoms with Gasteiger partial charge < -0.3 is 14.4 Å². The maximum atomic E-state index is 5.13. The number of rotatable bonds is 8. The van der Waals surface area contributed by atoms with E-state index < -0.39 is 0 Å². The summed E-state index contributed by atoms with van der Waals surface area (Å²) < 4.78 is 7.28. The molecule has 0 radical (unpaired) electrons. The first-order valence-electron chi connectivity index (χ1n) is 7.12. The second kappa shape index (κ2) is 7.14. The van der Waals surface area contributed by atoms with Crippen molar-refractivity contribution in [1.82, 2.24) is 15.0 Å². The maximum Gasteiger partial charge on any atom is 0.156 e. The fraction of sp³-hybridized carbons (Fsp3) is 0.533. The average Bonchev–Trinajstić information content (AvgIpc) is 3.07. The minimum Gasteiger partial charge on any atom is -0.359 e. The van der Waals surface area contributed by atoms with Crippen LogP contribution in [0.2, 0.25) is 0 Å². The van der Waals surface area contributed by atoms with Crippen molar-refractivity contribution in [1.29, 1.82) is 0 Å². The van der Waals surface area contributed by atoms with Crippen LogP contribution in [0.5, 0.6) is 0 Å². The molecule has 0 saturated heterocycles. The van der Waals surface area contributed by atoms with Gasteiger partial charge in [0, 0.05) is 24.5 Å². The van der Waals surface area contributed by atoms with Crippen LogP contribution in [0.1, 0.15) is 50.5 Å². The van der Waals surface area contributed by atoms with Crippen molar-refractivity contribution in [2.24, 2.45) is 0 Å². The summed E-state index contributed by atoms with van der Waals surface area (Å²) >= 11 is 0. The van der Waals surface area contributed by atoms with Crippen LogP contribution in [0.15, 0.2) is 35.2 Å². The number of hydrogen-bond donors (Lipinski definition) is 1. The van der Waals surface area contributed by atoms with E-state index >= 15 is 0 Å². The highest BCUT2D eigenvalue weighted by atomic mass is 16.5. The van der Waals surface area contributed by atoms with Gasteiger partial charge in [-0.3, -0.25) is 0 Å². The first-order valence-corrected chi connectivity index (χ1v) is 7.12. The van der Waals surface area contributed by atoms with E-state index in [1.165, 1.54) is 24.8 Å². The molecule has 4 heteroatoms. The van der Waals surface area contributed by atoms with E-state index in [-0.39, 0.29) is 0 Å². The molecule has 4 nitrogen and oxygen atoms in total. The Morgan fingerprint density at radius 2 is 2.21 bits per heavy atom. The van der Waals surface area contributed by atoms with Crippen LogP contribution in [-0.2, 0) is 6.54 Å². The predicted molar refractivity (Wildman–Crippen MR) is 76.0 cm³/mol. The Balaban J connectivity index is 2.00. The molecule has 0 aliphatic rings. The first-order chi connectivity index (χ1) is 9.33. The van der Waals surface area contributed by atoms with Gasteiger partial charge in [0.2, 0.25) is 0 Å². The van der Waals surface area contributed by atoms with Crippen molar-refractivity contribution in [2.45, 2.75) is 45.7 Å². The Hall–Kier alpha value is -1.55. The van der Waals surface area contributed by atoms with Crippen molar-refractivity contribution in [3.05, 3.63) is 42.0 Å². The molecule has 1 N–H and O–H groups in total. The third kappa shape index (κ3) is 3.96. The monoisotopic (exact) mass is 261 g/mol. The molecule has 2 rings (SSSR count). The molecule has 1 unspecified atom stereocenters. The zero-order chi connectivity index (χ0) is 13.5. The van der Waals surface area contributed by atoms with Crippen LogP contribution in [-0.4, -0.2) is 16.3 Å². The summed E-state index contributed by atoms with van der Waals surface area (Å²) in [6.07, 6.45) is 9.52. The van der Waals surface area contributed by atoms with E-state index in [4.69, 9.17) is 4.52 Å². The largest absolute Gasteiger partial charge is 0.359 e. The first kappa shape index (κ1) is 13.9. The molecule has 19 heavy (non-hydrogen) atoms. The van der Waals surface area contributed by atoms with Crippen LogP contribution >= 0.6 is 0 Å². The number of aromatic nitrogens is 2. The molecule has 0 bridgehead atoms. The number of hydrogen-bond acceptors (Lipinski definition) is 3. The zero-order valence-corrected chi connectivity index (χ0v) is 11.8. The Bertz CT molecular complexity index is 461. The topological polar surface area (TPSA) is 43.0 Å². The van der Waals surface area contributed by atoms with Gasteiger partial charge in [0.1, 0.15) is 0 Å². The summed E-state index contributed by atoms with van der Waals surface area (Å²) in [7, 11) is 0. The molecule has 1 atom stereocenters. The summed E-state index contributed by atoms with van der Waals surface area (Å²) in [4.78, 5) is 0.